The minimum Gasteiger partial charge on any atom is -1.00 e. The monoisotopic (exact) mass is 286 g/mol. The number of pyridine rings is 1. The Morgan fingerprint density at radius 3 is 2.20 bits per heavy atom. The number of hydrogen-bond acceptors (Lipinski definition) is 1. The molecule has 0 amide bonds. The summed E-state index contributed by atoms with van der Waals surface area (Å²) in [5.74, 6) is 0. The Morgan fingerprint density at radius 1 is 0.900 bits per heavy atom. The lowest BCUT2D eigenvalue weighted by Gasteiger charge is -2.17. The summed E-state index contributed by atoms with van der Waals surface area (Å²) in [7, 11) is 0. The maximum absolute atomic E-state index is 2.46. The Balaban J connectivity index is 0.00000147. The Hall–Kier alpha value is -1.80. The van der Waals surface area contributed by atoms with Crippen molar-refractivity contribution in [3.05, 3.63) is 60.4 Å². The van der Waals surface area contributed by atoms with Crippen LogP contribution < -0.4 is 21.9 Å². The lowest BCUT2D eigenvalue weighted by molar-refractivity contribution is -0.567. The lowest BCUT2D eigenvalue weighted by atomic mass is 10.2. The number of nitrogens with zero attached hydrogens (tertiary/aromatic N) is 2. The van der Waals surface area contributed by atoms with Gasteiger partial charge in [0, 0.05) is 37.0 Å². The highest BCUT2D eigenvalue weighted by Gasteiger charge is 2.11. The Kier molecular flexibility index (Phi) is 5.19. The largest absolute Gasteiger partial charge is 1.00 e. The molecule has 104 valence electrons. The van der Waals surface area contributed by atoms with Gasteiger partial charge in [-0.2, -0.15) is 4.57 Å². The highest BCUT2D eigenvalue weighted by Crippen LogP contribution is 2.20. The summed E-state index contributed by atoms with van der Waals surface area (Å²) in [6, 6.07) is 14.9. The first-order valence-corrected chi connectivity index (χ1v) is 6.91. The molecule has 0 atom stereocenters. The summed E-state index contributed by atoms with van der Waals surface area (Å²) >= 11 is 0. The van der Waals surface area contributed by atoms with E-state index in [0.717, 1.165) is 0 Å². The molecular weight excluding hydrogens is 268 g/mol. The van der Waals surface area contributed by atoms with Crippen molar-refractivity contribution < 1.29 is 17.0 Å². The topological polar surface area (TPSA) is 7.12 Å². The third kappa shape index (κ3) is 3.61. The standard InChI is InChI=1S/C17H19N2.ClH/c1-2-11-18(12-3-1)15-10-16-6-8-17(9-7-16)19-13-4-5-14-19;/h1-3,6-12,15H,4-5,13-14H2;1H/q+1;/p-1. The number of aromatic nitrogens is 1. The van der Waals surface area contributed by atoms with Crippen LogP contribution in [0.3, 0.4) is 0 Å². The fourth-order valence-corrected chi connectivity index (χ4v) is 2.46. The van der Waals surface area contributed by atoms with Gasteiger partial charge in [-0.3, -0.25) is 0 Å². The first kappa shape index (κ1) is 14.6. The molecule has 0 radical (unpaired) electrons. The minimum absolute atomic E-state index is 0. The zero-order valence-corrected chi connectivity index (χ0v) is 12.2. The van der Waals surface area contributed by atoms with E-state index in [1.807, 2.05) is 35.2 Å². The van der Waals surface area contributed by atoms with Crippen molar-refractivity contribution in [2.75, 3.05) is 18.0 Å². The molecule has 20 heavy (non-hydrogen) atoms. The van der Waals surface area contributed by atoms with Crippen molar-refractivity contribution in [1.82, 2.24) is 0 Å². The van der Waals surface area contributed by atoms with E-state index < -0.39 is 0 Å². The molecule has 1 saturated heterocycles. The van der Waals surface area contributed by atoms with Gasteiger partial charge in [0.25, 0.3) is 0 Å². The molecule has 1 fully saturated rings. The predicted octanol–water partition coefficient (Wildman–Crippen LogP) is 0.206. The van der Waals surface area contributed by atoms with E-state index in [4.69, 9.17) is 0 Å². The van der Waals surface area contributed by atoms with Crippen LogP contribution in [-0.2, 0) is 0 Å². The molecule has 1 aliphatic heterocycles. The zero-order chi connectivity index (χ0) is 12.9. The molecule has 2 nitrogen and oxygen atoms in total. The number of anilines is 1. The fraction of sp³-hybridized carbons (Fsp3) is 0.235. The molecule has 3 rings (SSSR count). The maximum Gasteiger partial charge on any atom is 0.175 e. The van der Waals surface area contributed by atoms with Crippen LogP contribution in [0.15, 0.2) is 54.9 Å². The van der Waals surface area contributed by atoms with Gasteiger partial charge in [0.2, 0.25) is 0 Å². The number of rotatable bonds is 3. The van der Waals surface area contributed by atoms with Gasteiger partial charge in [0.1, 0.15) is 0 Å². The molecule has 1 aromatic carbocycles. The van der Waals surface area contributed by atoms with Crippen LogP contribution in [0.5, 0.6) is 0 Å². The molecule has 0 bridgehead atoms. The molecule has 2 heterocycles. The lowest BCUT2D eigenvalue weighted by Crippen LogP contribution is -3.00. The van der Waals surface area contributed by atoms with E-state index in [-0.39, 0.29) is 12.4 Å². The summed E-state index contributed by atoms with van der Waals surface area (Å²) in [5, 5.41) is 0. The normalized spacial score (nSPS) is 14.5. The van der Waals surface area contributed by atoms with Crippen molar-refractivity contribution in [3.63, 3.8) is 0 Å². The molecule has 1 aliphatic rings. The van der Waals surface area contributed by atoms with E-state index in [2.05, 4.69) is 41.4 Å². The minimum atomic E-state index is 0. The number of halogens is 1. The van der Waals surface area contributed by atoms with Crippen molar-refractivity contribution in [3.8, 4) is 0 Å². The molecule has 1 aromatic heterocycles. The molecule has 3 heteroatoms. The molecular formula is C17H19ClN2. The van der Waals surface area contributed by atoms with Crippen molar-refractivity contribution in [1.29, 1.82) is 0 Å². The van der Waals surface area contributed by atoms with Crippen molar-refractivity contribution in [2.45, 2.75) is 12.8 Å². The summed E-state index contributed by atoms with van der Waals surface area (Å²) in [5.41, 5.74) is 2.58. The average molecular weight is 287 g/mol. The van der Waals surface area contributed by atoms with Gasteiger partial charge >= 0.3 is 0 Å². The van der Waals surface area contributed by atoms with Gasteiger partial charge in [-0.1, -0.05) is 18.2 Å². The van der Waals surface area contributed by atoms with Crippen molar-refractivity contribution >= 4 is 18.0 Å². The second-order valence-corrected chi connectivity index (χ2v) is 4.92. The molecule has 0 unspecified atom stereocenters. The van der Waals surface area contributed by atoms with Crippen LogP contribution in [0.4, 0.5) is 5.69 Å². The van der Waals surface area contributed by atoms with E-state index >= 15 is 0 Å². The third-order valence-corrected chi connectivity index (χ3v) is 3.54. The Morgan fingerprint density at radius 2 is 1.55 bits per heavy atom. The average Bonchev–Trinajstić information content (AvgIpc) is 3.01. The fourth-order valence-electron chi connectivity index (χ4n) is 2.46. The van der Waals surface area contributed by atoms with Crippen LogP contribution in [0.1, 0.15) is 18.4 Å². The van der Waals surface area contributed by atoms with Crippen LogP contribution in [-0.4, -0.2) is 13.1 Å². The molecule has 0 aliphatic carbocycles. The quantitative estimate of drug-likeness (QED) is 0.732. The highest BCUT2D eigenvalue weighted by atomic mass is 35.5. The first-order chi connectivity index (χ1) is 9.42. The van der Waals surface area contributed by atoms with E-state index in [1.54, 1.807) is 0 Å². The molecule has 2 aromatic rings. The molecule has 0 spiro atoms. The summed E-state index contributed by atoms with van der Waals surface area (Å²) in [4.78, 5) is 2.46. The first-order valence-electron chi connectivity index (χ1n) is 6.91. The van der Waals surface area contributed by atoms with Gasteiger partial charge < -0.3 is 17.3 Å². The smallest absolute Gasteiger partial charge is 0.175 e. The van der Waals surface area contributed by atoms with Crippen LogP contribution in [0.2, 0.25) is 0 Å². The van der Waals surface area contributed by atoms with Crippen LogP contribution >= 0.6 is 0 Å². The second kappa shape index (κ2) is 7.11. The van der Waals surface area contributed by atoms with Gasteiger partial charge in [-0.05, 0) is 30.5 Å². The molecule has 0 saturated carbocycles. The van der Waals surface area contributed by atoms with E-state index in [9.17, 15) is 0 Å². The third-order valence-electron chi connectivity index (χ3n) is 3.54. The van der Waals surface area contributed by atoms with E-state index in [0.29, 0.717) is 0 Å². The van der Waals surface area contributed by atoms with Gasteiger partial charge in [-0.15, -0.1) is 0 Å². The number of hydrogen-bond donors (Lipinski definition) is 0. The van der Waals surface area contributed by atoms with E-state index in [1.165, 1.54) is 37.2 Å². The van der Waals surface area contributed by atoms with Crippen LogP contribution in [0.25, 0.3) is 12.3 Å². The maximum atomic E-state index is 2.46. The van der Waals surface area contributed by atoms with Gasteiger partial charge in [0.05, 0.1) is 0 Å². The van der Waals surface area contributed by atoms with Gasteiger partial charge in [0.15, 0.2) is 18.6 Å². The SMILES string of the molecule is C(=C[n+]1ccccc1)c1ccc(N2CCCC2)cc1.[Cl-]. The summed E-state index contributed by atoms with van der Waals surface area (Å²) in [6.45, 7) is 2.41. The van der Waals surface area contributed by atoms with Crippen molar-refractivity contribution in [2.24, 2.45) is 0 Å². The highest BCUT2D eigenvalue weighted by molar-refractivity contribution is 5.60. The predicted molar refractivity (Wildman–Crippen MR) is 79.8 cm³/mol. The summed E-state index contributed by atoms with van der Waals surface area (Å²) < 4.78 is 2.05. The summed E-state index contributed by atoms with van der Waals surface area (Å²) in [6.07, 6.45) is 10.9. The zero-order valence-electron chi connectivity index (χ0n) is 11.5. The number of benzene rings is 1. The van der Waals surface area contributed by atoms with Crippen LogP contribution in [0, 0.1) is 0 Å². The second-order valence-electron chi connectivity index (χ2n) is 4.92. The Labute approximate surface area is 126 Å². The Bertz CT molecular complexity index is 543. The van der Waals surface area contributed by atoms with Gasteiger partial charge in [-0.25, -0.2) is 0 Å². The molecule has 0 N–H and O–H groups in total.